The first kappa shape index (κ1) is 61.8. The van der Waals surface area contributed by atoms with Gasteiger partial charge in [0.1, 0.15) is 13.2 Å². The fraction of sp³-hybridized carbons (Fsp3) is 0.873. The Morgan fingerprint density at radius 3 is 1.25 bits per heavy atom. The number of likely N-dealkylation sites (N-methyl/N-ethyl adjacent to an activating group) is 1. The van der Waals surface area contributed by atoms with Crippen molar-refractivity contribution >= 4 is 17.9 Å². The van der Waals surface area contributed by atoms with Gasteiger partial charge in [0, 0.05) is 12.8 Å². The van der Waals surface area contributed by atoms with E-state index in [2.05, 4.69) is 38.2 Å². The van der Waals surface area contributed by atoms with E-state index in [0.717, 1.165) is 51.4 Å². The highest BCUT2D eigenvalue weighted by Gasteiger charge is 2.22. The normalized spacial score (nSPS) is 13.0. The third kappa shape index (κ3) is 47.7. The van der Waals surface area contributed by atoms with Crippen LogP contribution >= 0.6 is 0 Å². The molecule has 2 unspecified atom stereocenters. The molecule has 0 radical (unpaired) electrons. The van der Waals surface area contributed by atoms with Crippen LogP contribution in [0.15, 0.2) is 24.3 Å². The van der Waals surface area contributed by atoms with E-state index in [1.807, 2.05) is 21.1 Å². The standard InChI is InChI=1S/C55H103NO8/c1-6-8-10-12-14-16-18-20-22-24-26-27-28-30-31-33-35-37-39-41-43-45-52(57)62-49-51(50-63-55(54(59)60)61-48-47-56(3,4)5)64-53(58)46-44-42-40-38-36-34-32-29-25-23-21-19-17-15-13-11-9-7-2/h17,19,23,25,51,55H,6-16,18,20-22,24,26-50H2,1-5H3/b19-17-,25-23-. The SMILES string of the molecule is CCCCCC/C=C\C/C=C\CCCCCCCCCC(=O)OC(COC(=O)CCCCCCCCCCCCCCCCCCCCCCC)COC(OCC[N+](C)(C)C)C(=O)[O-]. The molecule has 376 valence electrons. The van der Waals surface area contributed by atoms with Crippen molar-refractivity contribution in [2.45, 2.75) is 264 Å². The summed E-state index contributed by atoms with van der Waals surface area (Å²) in [4.78, 5) is 37.2. The number of carboxylic acids is 1. The highest BCUT2D eigenvalue weighted by Crippen LogP contribution is 2.16. The quantitative estimate of drug-likeness (QED) is 0.0195. The lowest BCUT2D eigenvalue weighted by Gasteiger charge is -2.26. The Hall–Kier alpha value is -2.23. The lowest BCUT2D eigenvalue weighted by molar-refractivity contribution is -0.870. The van der Waals surface area contributed by atoms with Gasteiger partial charge in [-0.15, -0.1) is 0 Å². The van der Waals surface area contributed by atoms with E-state index >= 15 is 0 Å². The molecule has 2 atom stereocenters. The monoisotopic (exact) mass is 906 g/mol. The van der Waals surface area contributed by atoms with Gasteiger partial charge in [0.25, 0.3) is 0 Å². The summed E-state index contributed by atoms with van der Waals surface area (Å²) < 4.78 is 22.7. The van der Waals surface area contributed by atoms with E-state index in [9.17, 15) is 19.5 Å². The van der Waals surface area contributed by atoms with Crippen LogP contribution in [0.3, 0.4) is 0 Å². The summed E-state index contributed by atoms with van der Waals surface area (Å²) in [6.45, 7) is 4.76. The third-order valence-corrected chi connectivity index (χ3v) is 12.0. The van der Waals surface area contributed by atoms with Crippen molar-refractivity contribution < 1.29 is 42.9 Å². The predicted molar refractivity (Wildman–Crippen MR) is 265 cm³/mol. The fourth-order valence-electron chi connectivity index (χ4n) is 7.74. The van der Waals surface area contributed by atoms with Crippen LogP contribution in [0.5, 0.6) is 0 Å². The molecular weight excluding hydrogens is 803 g/mol. The van der Waals surface area contributed by atoms with Crippen molar-refractivity contribution in [3.63, 3.8) is 0 Å². The van der Waals surface area contributed by atoms with Gasteiger partial charge in [0.05, 0.1) is 40.3 Å². The summed E-state index contributed by atoms with van der Waals surface area (Å²) in [7, 11) is 5.92. The number of unbranched alkanes of at least 4 members (excludes halogenated alkanes) is 31. The number of aliphatic carboxylic acids is 1. The number of rotatable bonds is 50. The summed E-state index contributed by atoms with van der Waals surface area (Å²) >= 11 is 0. The van der Waals surface area contributed by atoms with Crippen molar-refractivity contribution in [3.05, 3.63) is 24.3 Å². The molecule has 0 rings (SSSR count). The minimum atomic E-state index is -1.62. The van der Waals surface area contributed by atoms with Gasteiger partial charge in [0.2, 0.25) is 0 Å². The van der Waals surface area contributed by atoms with Crippen molar-refractivity contribution in [1.82, 2.24) is 0 Å². The van der Waals surface area contributed by atoms with Gasteiger partial charge in [-0.05, 0) is 44.9 Å². The van der Waals surface area contributed by atoms with E-state index in [-0.39, 0.29) is 32.2 Å². The first-order chi connectivity index (χ1) is 31.1. The molecule has 0 saturated heterocycles. The molecule has 0 aromatic heterocycles. The van der Waals surface area contributed by atoms with Crippen LogP contribution in [-0.2, 0) is 33.3 Å². The number of allylic oxidation sites excluding steroid dienone is 4. The molecule has 0 aromatic carbocycles. The largest absolute Gasteiger partial charge is 0.545 e. The van der Waals surface area contributed by atoms with E-state index in [4.69, 9.17) is 18.9 Å². The van der Waals surface area contributed by atoms with Gasteiger partial charge in [-0.25, -0.2) is 0 Å². The molecule has 0 aliphatic carbocycles. The van der Waals surface area contributed by atoms with Crippen LogP contribution in [-0.4, -0.2) is 82.3 Å². The lowest BCUT2D eigenvalue weighted by atomic mass is 10.0. The predicted octanol–water partition coefficient (Wildman–Crippen LogP) is 13.8. The van der Waals surface area contributed by atoms with E-state index in [0.29, 0.717) is 23.9 Å². The first-order valence-electron chi connectivity index (χ1n) is 27.0. The highest BCUT2D eigenvalue weighted by atomic mass is 16.7. The summed E-state index contributed by atoms with van der Waals surface area (Å²) in [6, 6.07) is 0. The lowest BCUT2D eigenvalue weighted by Crippen LogP contribution is -2.44. The second kappa shape index (κ2) is 47.3. The summed E-state index contributed by atoms with van der Waals surface area (Å²) in [5.41, 5.74) is 0. The number of hydrogen-bond donors (Lipinski definition) is 0. The summed E-state index contributed by atoms with van der Waals surface area (Å²) in [5.74, 6) is -2.28. The molecule has 0 fully saturated rings. The van der Waals surface area contributed by atoms with Crippen LogP contribution in [0, 0.1) is 0 Å². The second-order valence-corrected chi connectivity index (χ2v) is 19.5. The molecule has 0 aliphatic rings. The Morgan fingerprint density at radius 1 is 0.469 bits per heavy atom. The van der Waals surface area contributed by atoms with Gasteiger partial charge in [-0.3, -0.25) is 9.59 Å². The Kier molecular flexibility index (Phi) is 45.6. The van der Waals surface area contributed by atoms with Gasteiger partial charge in [0.15, 0.2) is 12.4 Å². The van der Waals surface area contributed by atoms with Crippen molar-refractivity contribution in [2.24, 2.45) is 0 Å². The number of esters is 2. The van der Waals surface area contributed by atoms with E-state index < -0.39 is 24.3 Å². The van der Waals surface area contributed by atoms with Crippen molar-refractivity contribution in [2.75, 3.05) is 47.5 Å². The number of carbonyl (C=O) groups excluding carboxylic acids is 3. The van der Waals surface area contributed by atoms with Crippen molar-refractivity contribution in [1.29, 1.82) is 0 Å². The maximum atomic E-state index is 12.8. The molecule has 64 heavy (non-hydrogen) atoms. The zero-order valence-electron chi connectivity index (χ0n) is 42.7. The maximum Gasteiger partial charge on any atom is 0.306 e. The topological polar surface area (TPSA) is 111 Å². The van der Waals surface area contributed by atoms with Crippen LogP contribution in [0.4, 0.5) is 0 Å². The molecule has 0 aromatic rings. The maximum absolute atomic E-state index is 12.8. The Morgan fingerprint density at radius 2 is 0.844 bits per heavy atom. The smallest absolute Gasteiger partial charge is 0.306 e. The van der Waals surface area contributed by atoms with Gasteiger partial charge >= 0.3 is 11.9 Å². The van der Waals surface area contributed by atoms with Gasteiger partial charge in [-0.2, -0.15) is 0 Å². The fourth-order valence-corrected chi connectivity index (χ4v) is 7.74. The molecule has 9 heteroatoms. The molecule has 0 heterocycles. The number of hydrogen-bond acceptors (Lipinski definition) is 8. The van der Waals surface area contributed by atoms with Crippen LogP contribution in [0.1, 0.15) is 251 Å². The van der Waals surface area contributed by atoms with Gasteiger partial charge in [-0.1, -0.05) is 218 Å². The van der Waals surface area contributed by atoms with Crippen molar-refractivity contribution in [3.8, 4) is 0 Å². The molecule has 9 nitrogen and oxygen atoms in total. The van der Waals surface area contributed by atoms with Crippen LogP contribution < -0.4 is 5.11 Å². The summed E-state index contributed by atoms with van der Waals surface area (Å²) in [6.07, 6.45) is 50.7. The Labute approximate surface area is 395 Å². The minimum absolute atomic E-state index is 0.148. The summed E-state index contributed by atoms with van der Waals surface area (Å²) in [5, 5.41) is 11.7. The molecular formula is C55H103NO8. The van der Waals surface area contributed by atoms with E-state index in [1.54, 1.807) is 0 Å². The third-order valence-electron chi connectivity index (χ3n) is 12.0. The number of quaternary nitrogens is 1. The average molecular weight is 906 g/mol. The average Bonchev–Trinajstić information content (AvgIpc) is 3.26. The number of carbonyl (C=O) groups is 3. The minimum Gasteiger partial charge on any atom is -0.545 e. The van der Waals surface area contributed by atoms with Crippen LogP contribution in [0.25, 0.3) is 0 Å². The zero-order chi connectivity index (χ0) is 47.0. The number of nitrogens with zero attached hydrogens (tertiary/aromatic N) is 1. The van der Waals surface area contributed by atoms with Crippen LogP contribution in [0.2, 0.25) is 0 Å². The number of ether oxygens (including phenoxy) is 4. The molecule has 0 spiro atoms. The Balaban J connectivity index is 4.28. The number of carboxylic acid groups (broad SMARTS) is 1. The molecule has 0 N–H and O–H groups in total. The molecule has 0 amide bonds. The molecule has 0 bridgehead atoms. The first-order valence-corrected chi connectivity index (χ1v) is 27.0. The second-order valence-electron chi connectivity index (χ2n) is 19.5. The van der Waals surface area contributed by atoms with Gasteiger partial charge < -0.3 is 33.3 Å². The molecule has 0 saturated carbocycles. The van der Waals surface area contributed by atoms with E-state index in [1.165, 1.54) is 167 Å². The zero-order valence-corrected chi connectivity index (χ0v) is 42.7. The Bertz CT molecular complexity index is 1100. The highest BCUT2D eigenvalue weighted by molar-refractivity contribution is 5.70. The molecule has 0 aliphatic heterocycles.